The lowest BCUT2D eigenvalue weighted by molar-refractivity contribution is 0.127. The zero-order valence-electron chi connectivity index (χ0n) is 9.01. The highest BCUT2D eigenvalue weighted by molar-refractivity contribution is 9.10. The number of hydrogen-bond donors (Lipinski definition) is 0. The van der Waals surface area contributed by atoms with Crippen LogP contribution in [0.25, 0.3) is 0 Å². The molecule has 1 aromatic rings. The van der Waals surface area contributed by atoms with Gasteiger partial charge in [0.2, 0.25) is 0 Å². The average Bonchev–Trinajstić information content (AvgIpc) is 2.52. The lowest BCUT2D eigenvalue weighted by Gasteiger charge is -2.04. The van der Waals surface area contributed by atoms with E-state index >= 15 is 0 Å². The lowest BCUT2D eigenvalue weighted by Crippen LogP contribution is -2.04. The monoisotopic (exact) mass is 260 g/mol. The molecular weight excluding hydrogens is 244 g/mol. The van der Waals surface area contributed by atoms with Crippen LogP contribution in [-0.4, -0.2) is 16.4 Å². The molecule has 0 aromatic carbocycles. The van der Waals surface area contributed by atoms with E-state index in [-0.39, 0.29) is 0 Å². The Balaban J connectivity index is 2.92. The fourth-order valence-electron chi connectivity index (χ4n) is 1.35. The Bertz CT molecular complexity index is 297. The van der Waals surface area contributed by atoms with Gasteiger partial charge in [0.25, 0.3) is 0 Å². The van der Waals surface area contributed by atoms with Gasteiger partial charge in [0.1, 0.15) is 0 Å². The summed E-state index contributed by atoms with van der Waals surface area (Å²) in [5, 5.41) is 4.49. The van der Waals surface area contributed by atoms with Crippen molar-refractivity contribution in [2.24, 2.45) is 0 Å². The van der Waals surface area contributed by atoms with E-state index in [0.29, 0.717) is 6.61 Å². The number of hydrogen-bond acceptors (Lipinski definition) is 2. The van der Waals surface area contributed by atoms with E-state index in [0.717, 1.165) is 35.4 Å². The van der Waals surface area contributed by atoms with Crippen LogP contribution >= 0.6 is 15.9 Å². The van der Waals surface area contributed by atoms with Crippen LogP contribution in [0.2, 0.25) is 0 Å². The minimum absolute atomic E-state index is 0.637. The van der Waals surface area contributed by atoms with Gasteiger partial charge in [0.15, 0.2) is 0 Å². The molecule has 0 aliphatic carbocycles. The summed E-state index contributed by atoms with van der Waals surface area (Å²) in [6, 6.07) is 0. The van der Waals surface area contributed by atoms with E-state index in [1.54, 1.807) is 0 Å². The molecule has 0 spiro atoms. The third kappa shape index (κ3) is 2.36. The van der Waals surface area contributed by atoms with E-state index < -0.39 is 0 Å². The molecule has 0 saturated heterocycles. The molecule has 0 unspecified atom stereocenters. The summed E-state index contributed by atoms with van der Waals surface area (Å²) in [6.07, 6.45) is 0.951. The van der Waals surface area contributed by atoms with Crippen LogP contribution in [0, 0.1) is 0 Å². The molecule has 80 valence electrons. The number of aryl methyl sites for hydroxylation is 2. The maximum atomic E-state index is 5.41. The Morgan fingerprint density at radius 3 is 2.57 bits per heavy atom. The second-order valence-corrected chi connectivity index (χ2v) is 3.81. The molecule has 4 heteroatoms. The van der Waals surface area contributed by atoms with E-state index in [9.17, 15) is 0 Å². The molecule has 1 rings (SSSR count). The molecule has 0 saturated carbocycles. The van der Waals surface area contributed by atoms with Gasteiger partial charge in [-0.15, -0.1) is 0 Å². The molecule has 0 radical (unpaired) electrons. The van der Waals surface area contributed by atoms with Crippen molar-refractivity contribution >= 4 is 15.9 Å². The van der Waals surface area contributed by atoms with Gasteiger partial charge >= 0.3 is 0 Å². The average molecular weight is 261 g/mol. The third-order valence-electron chi connectivity index (χ3n) is 2.14. The Hall–Kier alpha value is -0.350. The van der Waals surface area contributed by atoms with E-state index in [1.165, 1.54) is 0 Å². The van der Waals surface area contributed by atoms with Gasteiger partial charge in [-0.2, -0.15) is 5.10 Å². The van der Waals surface area contributed by atoms with Gasteiger partial charge in [0.05, 0.1) is 22.5 Å². The highest BCUT2D eigenvalue weighted by atomic mass is 79.9. The van der Waals surface area contributed by atoms with Gasteiger partial charge in [-0.1, -0.05) is 6.92 Å². The van der Waals surface area contributed by atoms with Gasteiger partial charge in [-0.05, 0) is 36.2 Å². The van der Waals surface area contributed by atoms with Crippen LogP contribution in [0.4, 0.5) is 0 Å². The summed E-state index contributed by atoms with van der Waals surface area (Å²) in [5.41, 5.74) is 2.26. The summed E-state index contributed by atoms with van der Waals surface area (Å²) in [5.74, 6) is 0. The molecular formula is C10H17BrN2O. The normalized spacial score (nSPS) is 10.9. The van der Waals surface area contributed by atoms with Crippen LogP contribution < -0.4 is 0 Å². The first-order chi connectivity index (χ1) is 6.74. The third-order valence-corrected chi connectivity index (χ3v) is 3.05. The molecule has 0 N–H and O–H groups in total. The molecule has 0 atom stereocenters. The van der Waals surface area contributed by atoms with Gasteiger partial charge in [-0.25, -0.2) is 0 Å². The minimum atomic E-state index is 0.637. The summed E-state index contributed by atoms with van der Waals surface area (Å²) >= 11 is 3.57. The van der Waals surface area contributed by atoms with Crippen LogP contribution in [0.15, 0.2) is 4.47 Å². The second-order valence-electron chi connectivity index (χ2n) is 3.01. The maximum absolute atomic E-state index is 5.41. The number of ether oxygens (including phenoxy) is 1. The topological polar surface area (TPSA) is 27.1 Å². The fourth-order valence-corrected chi connectivity index (χ4v) is 2.03. The van der Waals surface area contributed by atoms with Crippen LogP contribution in [-0.2, 0) is 24.3 Å². The van der Waals surface area contributed by atoms with Crippen molar-refractivity contribution in [1.82, 2.24) is 9.78 Å². The molecule has 0 aliphatic rings. The van der Waals surface area contributed by atoms with Crippen molar-refractivity contribution < 1.29 is 4.74 Å². The standard InChI is InChI=1S/C10H17BrN2O/c1-4-8-10(11)9(7-14-6-3)13(5-2)12-8/h4-7H2,1-3H3. The van der Waals surface area contributed by atoms with Gasteiger partial charge < -0.3 is 4.74 Å². The molecule has 1 aromatic heterocycles. The Morgan fingerprint density at radius 2 is 2.07 bits per heavy atom. The van der Waals surface area contributed by atoms with Crippen LogP contribution in [0.5, 0.6) is 0 Å². The first-order valence-electron chi connectivity index (χ1n) is 5.06. The molecule has 0 aliphatic heterocycles. The highest BCUT2D eigenvalue weighted by Gasteiger charge is 2.13. The number of halogens is 1. The van der Waals surface area contributed by atoms with Crippen molar-refractivity contribution in [3.05, 3.63) is 15.9 Å². The summed E-state index contributed by atoms with van der Waals surface area (Å²) < 4.78 is 8.52. The molecule has 0 bridgehead atoms. The van der Waals surface area contributed by atoms with E-state index in [1.807, 2.05) is 11.6 Å². The summed E-state index contributed by atoms with van der Waals surface area (Å²) in [7, 11) is 0. The smallest absolute Gasteiger partial charge is 0.0896 e. The zero-order chi connectivity index (χ0) is 10.6. The molecule has 1 heterocycles. The predicted octanol–water partition coefficient (Wildman–Crippen LogP) is 2.76. The van der Waals surface area contributed by atoms with Crippen molar-refractivity contribution in [2.75, 3.05) is 6.61 Å². The van der Waals surface area contributed by atoms with Gasteiger partial charge in [-0.3, -0.25) is 4.68 Å². The van der Waals surface area contributed by atoms with Crippen LogP contribution in [0.3, 0.4) is 0 Å². The molecule has 14 heavy (non-hydrogen) atoms. The second kappa shape index (κ2) is 5.51. The Kier molecular flexibility index (Phi) is 4.62. The van der Waals surface area contributed by atoms with Crippen molar-refractivity contribution in [2.45, 2.75) is 40.3 Å². The first-order valence-corrected chi connectivity index (χ1v) is 5.85. The Labute approximate surface area is 93.6 Å². The molecule has 3 nitrogen and oxygen atoms in total. The quantitative estimate of drug-likeness (QED) is 0.814. The van der Waals surface area contributed by atoms with E-state index in [2.05, 4.69) is 34.9 Å². The predicted molar refractivity (Wildman–Crippen MR) is 60.3 cm³/mol. The highest BCUT2D eigenvalue weighted by Crippen LogP contribution is 2.22. The molecule has 0 amide bonds. The SMILES string of the molecule is CCOCc1c(Br)c(CC)nn1CC. The van der Waals surface area contributed by atoms with E-state index in [4.69, 9.17) is 4.74 Å². The first kappa shape index (κ1) is 11.7. The van der Waals surface area contributed by atoms with Crippen LogP contribution in [0.1, 0.15) is 32.2 Å². The fraction of sp³-hybridized carbons (Fsp3) is 0.700. The van der Waals surface area contributed by atoms with Crippen molar-refractivity contribution in [3.63, 3.8) is 0 Å². The number of aromatic nitrogens is 2. The number of rotatable bonds is 5. The van der Waals surface area contributed by atoms with Gasteiger partial charge in [0, 0.05) is 13.2 Å². The number of nitrogens with zero attached hydrogens (tertiary/aromatic N) is 2. The largest absolute Gasteiger partial charge is 0.375 e. The lowest BCUT2D eigenvalue weighted by atomic mass is 10.3. The summed E-state index contributed by atoms with van der Waals surface area (Å²) in [4.78, 5) is 0. The maximum Gasteiger partial charge on any atom is 0.0896 e. The Morgan fingerprint density at radius 1 is 1.36 bits per heavy atom. The zero-order valence-corrected chi connectivity index (χ0v) is 10.6. The molecule has 0 fully saturated rings. The van der Waals surface area contributed by atoms with Crippen molar-refractivity contribution in [3.8, 4) is 0 Å². The summed E-state index contributed by atoms with van der Waals surface area (Å²) in [6.45, 7) is 8.47. The minimum Gasteiger partial charge on any atom is -0.375 e. The van der Waals surface area contributed by atoms with Crippen molar-refractivity contribution in [1.29, 1.82) is 0 Å².